The Morgan fingerprint density at radius 1 is 1.07 bits per heavy atom. The van der Waals surface area contributed by atoms with E-state index in [9.17, 15) is 9.18 Å². The number of piperazine rings is 1. The minimum Gasteiger partial charge on any atom is -0.447 e. The number of aromatic nitrogens is 1. The van der Waals surface area contributed by atoms with E-state index in [0.717, 1.165) is 32.7 Å². The molecular weight excluding hydrogens is 383 g/mol. The lowest BCUT2D eigenvalue weighted by Gasteiger charge is -2.34. The van der Waals surface area contributed by atoms with E-state index < -0.39 is 11.7 Å². The summed E-state index contributed by atoms with van der Waals surface area (Å²) in [6.07, 6.45) is 1.35. The minimum atomic E-state index is -0.418. The lowest BCUT2D eigenvalue weighted by atomic mass is 10.1. The number of aryl methyl sites for hydroxylation is 1. The highest BCUT2D eigenvalue weighted by Gasteiger charge is 2.20. The molecule has 1 N–H and O–H groups in total. The summed E-state index contributed by atoms with van der Waals surface area (Å²) < 4.78 is 18.7. The van der Waals surface area contributed by atoms with Crippen molar-refractivity contribution < 1.29 is 13.6 Å². The normalized spacial score (nSPS) is 15.3. The number of rotatable bonds is 6. The van der Waals surface area contributed by atoms with Crippen LogP contribution in [0.1, 0.15) is 27.5 Å². The van der Waals surface area contributed by atoms with Crippen molar-refractivity contribution in [3.63, 3.8) is 0 Å². The van der Waals surface area contributed by atoms with Crippen LogP contribution >= 0.6 is 0 Å². The van der Waals surface area contributed by atoms with E-state index in [1.165, 1.54) is 35.6 Å². The number of carbonyl (C=O) groups is 1. The molecule has 6 nitrogen and oxygen atoms in total. The lowest BCUT2D eigenvalue weighted by molar-refractivity contribution is 0.102. The number of oxazole rings is 1. The van der Waals surface area contributed by atoms with E-state index in [1.54, 1.807) is 6.07 Å². The third-order valence-electron chi connectivity index (χ3n) is 5.18. The fourth-order valence-corrected chi connectivity index (χ4v) is 3.61. The SMILES string of the molecule is Cc1cccc(CN2CCN(Cc3nc(C(=O)Nc4cccc(F)c4)co3)CC2)c1. The van der Waals surface area contributed by atoms with Gasteiger partial charge in [0.25, 0.3) is 5.91 Å². The van der Waals surface area contributed by atoms with Gasteiger partial charge in [0.2, 0.25) is 5.89 Å². The zero-order chi connectivity index (χ0) is 20.9. The van der Waals surface area contributed by atoms with E-state index in [1.807, 2.05) is 0 Å². The Hall–Kier alpha value is -3.03. The van der Waals surface area contributed by atoms with Gasteiger partial charge in [-0.25, -0.2) is 9.37 Å². The molecule has 0 atom stereocenters. The first kappa shape index (κ1) is 20.3. The van der Waals surface area contributed by atoms with Crippen molar-refractivity contribution in [2.24, 2.45) is 0 Å². The molecule has 1 aliphatic rings. The summed E-state index contributed by atoms with van der Waals surface area (Å²) in [5.41, 5.74) is 3.19. The summed E-state index contributed by atoms with van der Waals surface area (Å²) in [7, 11) is 0. The van der Waals surface area contributed by atoms with Crippen LogP contribution in [0.4, 0.5) is 10.1 Å². The van der Waals surface area contributed by atoms with E-state index in [0.29, 0.717) is 18.1 Å². The summed E-state index contributed by atoms with van der Waals surface area (Å²) in [4.78, 5) is 21.3. The molecule has 0 aliphatic carbocycles. The third-order valence-corrected chi connectivity index (χ3v) is 5.18. The summed E-state index contributed by atoms with van der Waals surface area (Å²) in [6.45, 7) is 7.41. The number of amides is 1. The van der Waals surface area contributed by atoms with Crippen molar-refractivity contribution in [1.29, 1.82) is 0 Å². The molecule has 30 heavy (non-hydrogen) atoms. The van der Waals surface area contributed by atoms with Gasteiger partial charge in [0.05, 0.1) is 6.54 Å². The van der Waals surface area contributed by atoms with E-state index >= 15 is 0 Å². The smallest absolute Gasteiger partial charge is 0.277 e. The molecule has 2 heterocycles. The summed E-state index contributed by atoms with van der Waals surface area (Å²) >= 11 is 0. The molecule has 1 fully saturated rings. The van der Waals surface area contributed by atoms with Crippen LogP contribution < -0.4 is 5.32 Å². The van der Waals surface area contributed by atoms with Crippen molar-refractivity contribution in [3.8, 4) is 0 Å². The molecule has 1 aromatic heterocycles. The molecule has 156 valence electrons. The molecule has 3 aromatic rings. The highest BCUT2D eigenvalue weighted by Crippen LogP contribution is 2.14. The Labute approximate surface area is 175 Å². The largest absolute Gasteiger partial charge is 0.447 e. The van der Waals surface area contributed by atoms with Crippen LogP contribution in [0.3, 0.4) is 0 Å². The average molecular weight is 408 g/mol. The predicted octanol–water partition coefficient (Wildman–Crippen LogP) is 3.69. The fraction of sp³-hybridized carbons (Fsp3) is 0.304. The summed E-state index contributed by atoms with van der Waals surface area (Å²) in [5.74, 6) is -0.319. The standard InChI is InChI=1S/C23H25FN4O2/c1-17-4-2-5-18(12-17)14-27-8-10-28(11-9-27)15-22-26-21(16-30-22)23(29)25-20-7-3-6-19(24)13-20/h2-7,12-13,16H,8-11,14-15H2,1H3,(H,25,29). The lowest BCUT2D eigenvalue weighted by Crippen LogP contribution is -2.45. The second kappa shape index (κ2) is 9.19. The van der Waals surface area contributed by atoms with Gasteiger partial charge in [-0.15, -0.1) is 0 Å². The molecular formula is C23H25FN4O2. The van der Waals surface area contributed by atoms with Crippen LogP contribution in [-0.4, -0.2) is 46.9 Å². The Morgan fingerprint density at radius 2 is 1.80 bits per heavy atom. The van der Waals surface area contributed by atoms with Gasteiger partial charge in [-0.05, 0) is 30.7 Å². The first-order valence-electron chi connectivity index (χ1n) is 10.1. The van der Waals surface area contributed by atoms with Crippen LogP contribution in [0.2, 0.25) is 0 Å². The van der Waals surface area contributed by atoms with Gasteiger partial charge in [0.1, 0.15) is 12.1 Å². The maximum absolute atomic E-state index is 13.3. The number of hydrogen-bond donors (Lipinski definition) is 1. The highest BCUT2D eigenvalue weighted by molar-refractivity contribution is 6.02. The first-order chi connectivity index (χ1) is 14.5. The summed E-state index contributed by atoms with van der Waals surface area (Å²) in [5, 5.41) is 2.63. The molecule has 1 amide bonds. The van der Waals surface area contributed by atoms with Gasteiger partial charge >= 0.3 is 0 Å². The van der Waals surface area contributed by atoms with Crippen LogP contribution in [0, 0.1) is 12.7 Å². The van der Waals surface area contributed by atoms with Crippen LogP contribution in [0.5, 0.6) is 0 Å². The number of nitrogens with zero attached hydrogens (tertiary/aromatic N) is 3. The van der Waals surface area contributed by atoms with Crippen molar-refractivity contribution in [1.82, 2.24) is 14.8 Å². The zero-order valence-electron chi connectivity index (χ0n) is 17.0. The monoisotopic (exact) mass is 408 g/mol. The van der Waals surface area contributed by atoms with Crippen molar-refractivity contribution in [3.05, 3.63) is 83.3 Å². The predicted molar refractivity (Wildman–Crippen MR) is 113 cm³/mol. The van der Waals surface area contributed by atoms with Crippen LogP contribution in [0.15, 0.2) is 59.2 Å². The molecule has 7 heteroatoms. The van der Waals surface area contributed by atoms with Gasteiger partial charge in [-0.2, -0.15) is 0 Å². The second-order valence-electron chi connectivity index (χ2n) is 7.63. The number of carbonyl (C=O) groups excluding carboxylic acids is 1. The molecule has 4 rings (SSSR count). The van der Waals surface area contributed by atoms with Gasteiger partial charge in [0, 0.05) is 38.4 Å². The van der Waals surface area contributed by atoms with Gasteiger partial charge < -0.3 is 9.73 Å². The molecule has 0 spiro atoms. The van der Waals surface area contributed by atoms with Crippen molar-refractivity contribution in [2.75, 3.05) is 31.5 Å². The Kier molecular flexibility index (Phi) is 6.21. The average Bonchev–Trinajstić information content (AvgIpc) is 3.18. The van der Waals surface area contributed by atoms with E-state index in [-0.39, 0.29) is 5.69 Å². The van der Waals surface area contributed by atoms with Crippen LogP contribution in [-0.2, 0) is 13.1 Å². The first-order valence-corrected chi connectivity index (χ1v) is 10.1. The summed E-state index contributed by atoms with van der Waals surface area (Å²) in [6, 6.07) is 14.4. The number of benzene rings is 2. The molecule has 0 saturated carbocycles. The molecule has 0 bridgehead atoms. The zero-order valence-corrected chi connectivity index (χ0v) is 17.0. The Bertz CT molecular complexity index is 1010. The maximum Gasteiger partial charge on any atom is 0.277 e. The molecule has 0 unspecified atom stereocenters. The number of halogens is 1. The quantitative estimate of drug-likeness (QED) is 0.674. The topological polar surface area (TPSA) is 61.6 Å². The van der Waals surface area contributed by atoms with E-state index in [2.05, 4.69) is 51.3 Å². The Morgan fingerprint density at radius 3 is 2.53 bits per heavy atom. The molecule has 2 aromatic carbocycles. The second-order valence-corrected chi connectivity index (χ2v) is 7.63. The maximum atomic E-state index is 13.3. The fourth-order valence-electron chi connectivity index (χ4n) is 3.61. The van der Waals surface area contributed by atoms with Crippen molar-refractivity contribution in [2.45, 2.75) is 20.0 Å². The highest BCUT2D eigenvalue weighted by atomic mass is 19.1. The minimum absolute atomic E-state index is 0.187. The van der Waals surface area contributed by atoms with E-state index in [4.69, 9.17) is 4.42 Å². The number of hydrogen-bond acceptors (Lipinski definition) is 5. The molecule has 1 aliphatic heterocycles. The number of nitrogens with one attached hydrogen (secondary N) is 1. The molecule has 1 saturated heterocycles. The third kappa shape index (κ3) is 5.31. The Balaban J connectivity index is 1.27. The van der Waals surface area contributed by atoms with Gasteiger partial charge in [0.15, 0.2) is 5.69 Å². The van der Waals surface area contributed by atoms with Gasteiger partial charge in [-0.1, -0.05) is 35.9 Å². The van der Waals surface area contributed by atoms with Gasteiger partial charge in [-0.3, -0.25) is 14.6 Å². The van der Waals surface area contributed by atoms with Crippen LogP contribution in [0.25, 0.3) is 0 Å². The number of anilines is 1. The molecule has 0 radical (unpaired) electrons. The van der Waals surface area contributed by atoms with Crippen molar-refractivity contribution >= 4 is 11.6 Å².